The standard InChI is InChI=1S/C17H18N2O5/c20-18(21)9-2-1-8(13(5-9)19(22)23)7-24-14-6-12-10-3-4-11-15(10)17(12)16(11)14/h1-2,5,10-12,14-17H,3-4,6-7H2/t10-,11+,12-,14-,15+,16+,17+/m1/s1. The van der Waals surface area contributed by atoms with Gasteiger partial charge in [-0.05, 0) is 60.8 Å². The molecule has 7 nitrogen and oxygen atoms in total. The van der Waals surface area contributed by atoms with E-state index in [0.717, 1.165) is 42.1 Å². The summed E-state index contributed by atoms with van der Waals surface area (Å²) in [6.07, 6.45) is 4.01. The van der Waals surface area contributed by atoms with E-state index in [0.29, 0.717) is 11.5 Å². The number of nitro benzene ring substituents is 2. The summed E-state index contributed by atoms with van der Waals surface area (Å²) in [5.41, 5.74) is -0.0624. The number of nitro groups is 2. The van der Waals surface area contributed by atoms with Gasteiger partial charge in [-0.1, -0.05) is 0 Å². The van der Waals surface area contributed by atoms with Gasteiger partial charge in [-0.2, -0.15) is 0 Å². The summed E-state index contributed by atoms with van der Waals surface area (Å²) in [6.45, 7) is 0.164. The number of hydrogen-bond donors (Lipinski definition) is 0. The molecule has 7 heteroatoms. The van der Waals surface area contributed by atoms with Crippen molar-refractivity contribution >= 4 is 11.4 Å². The van der Waals surface area contributed by atoms with E-state index in [9.17, 15) is 20.2 Å². The molecule has 4 fully saturated rings. The summed E-state index contributed by atoms with van der Waals surface area (Å²) < 4.78 is 6.09. The minimum atomic E-state index is -0.614. The van der Waals surface area contributed by atoms with Gasteiger partial charge in [0.2, 0.25) is 0 Å². The highest BCUT2D eigenvalue weighted by molar-refractivity contribution is 5.48. The van der Waals surface area contributed by atoms with Crippen LogP contribution in [0.1, 0.15) is 24.8 Å². The van der Waals surface area contributed by atoms with Crippen molar-refractivity contribution in [1.82, 2.24) is 0 Å². The van der Waals surface area contributed by atoms with Crippen molar-refractivity contribution < 1.29 is 14.6 Å². The molecule has 1 aromatic rings. The summed E-state index contributed by atoms with van der Waals surface area (Å²) in [5, 5.41) is 22.0. The summed E-state index contributed by atoms with van der Waals surface area (Å²) in [7, 11) is 0. The van der Waals surface area contributed by atoms with E-state index in [1.54, 1.807) is 0 Å². The maximum Gasteiger partial charge on any atom is 0.281 e. The maximum atomic E-state index is 11.2. The van der Waals surface area contributed by atoms with Crippen LogP contribution < -0.4 is 0 Å². The highest BCUT2D eigenvalue weighted by Crippen LogP contribution is 2.77. The molecule has 0 saturated heterocycles. The van der Waals surface area contributed by atoms with Crippen LogP contribution in [0.15, 0.2) is 18.2 Å². The fraction of sp³-hybridized carbons (Fsp3) is 0.647. The van der Waals surface area contributed by atoms with E-state index in [-0.39, 0.29) is 24.1 Å². The van der Waals surface area contributed by atoms with Gasteiger partial charge in [-0.15, -0.1) is 0 Å². The highest BCUT2D eigenvalue weighted by atomic mass is 16.6. The predicted molar refractivity (Wildman–Crippen MR) is 83.1 cm³/mol. The Kier molecular flexibility index (Phi) is 2.84. The molecule has 0 heterocycles. The molecule has 4 aliphatic rings. The first kappa shape index (κ1) is 14.3. The Hall–Kier alpha value is -2.02. The van der Waals surface area contributed by atoms with Crippen LogP contribution in [0.25, 0.3) is 0 Å². The molecule has 0 aliphatic heterocycles. The number of non-ortho nitro benzene ring substituents is 1. The number of hydrogen-bond acceptors (Lipinski definition) is 5. The minimum absolute atomic E-state index is 0.164. The van der Waals surface area contributed by atoms with Crippen molar-refractivity contribution in [3.63, 3.8) is 0 Å². The van der Waals surface area contributed by atoms with E-state index in [1.165, 1.54) is 25.0 Å². The average molecular weight is 330 g/mol. The van der Waals surface area contributed by atoms with Crippen LogP contribution in [0, 0.1) is 55.7 Å². The zero-order chi connectivity index (χ0) is 16.6. The van der Waals surface area contributed by atoms with E-state index >= 15 is 0 Å². The van der Waals surface area contributed by atoms with Crippen molar-refractivity contribution in [2.45, 2.75) is 32.0 Å². The number of rotatable bonds is 5. The van der Waals surface area contributed by atoms with Gasteiger partial charge in [0.25, 0.3) is 11.4 Å². The van der Waals surface area contributed by atoms with Crippen LogP contribution in [0.5, 0.6) is 0 Å². The summed E-state index contributed by atoms with van der Waals surface area (Å²) in [4.78, 5) is 20.8. The van der Waals surface area contributed by atoms with E-state index in [4.69, 9.17) is 4.74 Å². The largest absolute Gasteiger partial charge is 0.373 e. The van der Waals surface area contributed by atoms with Gasteiger partial charge in [-0.3, -0.25) is 20.2 Å². The molecule has 126 valence electrons. The molecule has 24 heavy (non-hydrogen) atoms. The number of fused-ring (bicyclic) bond motifs is 2. The first-order valence-electron chi connectivity index (χ1n) is 8.59. The normalized spacial score (nSPS) is 40.6. The zero-order valence-electron chi connectivity index (χ0n) is 13.0. The number of nitrogens with zero attached hydrogens (tertiary/aromatic N) is 2. The van der Waals surface area contributed by atoms with Crippen molar-refractivity contribution in [3.05, 3.63) is 44.0 Å². The van der Waals surface area contributed by atoms with E-state index in [2.05, 4.69) is 0 Å². The van der Waals surface area contributed by atoms with Gasteiger partial charge < -0.3 is 4.74 Å². The van der Waals surface area contributed by atoms with Crippen molar-refractivity contribution in [2.24, 2.45) is 35.5 Å². The van der Waals surface area contributed by atoms with Crippen molar-refractivity contribution in [1.29, 1.82) is 0 Å². The molecule has 0 aromatic heterocycles. The third-order valence-corrected chi connectivity index (χ3v) is 7.11. The minimum Gasteiger partial charge on any atom is -0.373 e. The lowest BCUT2D eigenvalue weighted by atomic mass is 9.45. The molecule has 0 N–H and O–H groups in total. The van der Waals surface area contributed by atoms with Crippen LogP contribution in [-0.2, 0) is 11.3 Å². The Bertz CT molecular complexity index is 740. The first-order chi connectivity index (χ1) is 11.6. The second-order valence-electron chi connectivity index (χ2n) is 7.71. The number of ether oxygens (including phenoxy) is 1. The topological polar surface area (TPSA) is 95.5 Å². The number of benzene rings is 1. The van der Waals surface area contributed by atoms with Crippen LogP contribution >= 0.6 is 0 Å². The Morgan fingerprint density at radius 2 is 1.79 bits per heavy atom. The maximum absolute atomic E-state index is 11.2. The monoisotopic (exact) mass is 330 g/mol. The second kappa shape index (κ2) is 4.75. The lowest BCUT2D eigenvalue weighted by Gasteiger charge is -2.60. The Morgan fingerprint density at radius 3 is 2.54 bits per heavy atom. The van der Waals surface area contributed by atoms with E-state index in [1.807, 2.05) is 0 Å². The summed E-state index contributed by atoms with van der Waals surface area (Å²) >= 11 is 0. The molecule has 0 spiro atoms. The molecular formula is C17H18N2O5. The third-order valence-electron chi connectivity index (χ3n) is 7.11. The quantitative estimate of drug-likeness (QED) is 0.609. The SMILES string of the molecule is O=[N+]([O-])c1ccc(CO[C@@H]2C[C@@H]3[C@H]4CC[C@H]5[C@H]4[C@H]3[C@@H]52)c([N+](=O)[O-])c1. The molecule has 0 unspecified atom stereocenters. The smallest absolute Gasteiger partial charge is 0.281 e. The van der Waals surface area contributed by atoms with E-state index < -0.39 is 9.85 Å². The molecule has 1 aromatic carbocycles. The van der Waals surface area contributed by atoms with Crippen molar-refractivity contribution in [2.75, 3.05) is 0 Å². The van der Waals surface area contributed by atoms with Crippen molar-refractivity contribution in [3.8, 4) is 0 Å². The molecule has 0 amide bonds. The van der Waals surface area contributed by atoms with Crippen LogP contribution in [0.3, 0.4) is 0 Å². The molecule has 4 saturated carbocycles. The summed E-state index contributed by atoms with van der Waals surface area (Å²) in [5.74, 6) is 4.99. The van der Waals surface area contributed by atoms with Crippen LogP contribution in [0.4, 0.5) is 11.4 Å². The molecular weight excluding hydrogens is 312 g/mol. The molecule has 0 radical (unpaired) electrons. The Morgan fingerprint density at radius 1 is 1.00 bits per heavy atom. The molecule has 7 atom stereocenters. The third kappa shape index (κ3) is 1.70. The van der Waals surface area contributed by atoms with Gasteiger partial charge in [0, 0.05) is 6.07 Å². The lowest BCUT2D eigenvalue weighted by molar-refractivity contribution is -0.394. The highest BCUT2D eigenvalue weighted by Gasteiger charge is 2.73. The van der Waals surface area contributed by atoms with Gasteiger partial charge in [0.15, 0.2) is 0 Å². The molecule has 0 bridgehead atoms. The predicted octanol–water partition coefficient (Wildman–Crippen LogP) is 3.31. The summed E-state index contributed by atoms with van der Waals surface area (Å²) in [6, 6.07) is 3.79. The van der Waals surface area contributed by atoms with Crippen LogP contribution in [-0.4, -0.2) is 16.0 Å². The Balaban J connectivity index is 1.32. The van der Waals surface area contributed by atoms with Gasteiger partial charge in [-0.25, -0.2) is 0 Å². The van der Waals surface area contributed by atoms with Crippen LogP contribution in [0.2, 0.25) is 0 Å². The molecule has 5 rings (SSSR count). The zero-order valence-corrected chi connectivity index (χ0v) is 13.0. The molecule has 4 aliphatic carbocycles. The van der Waals surface area contributed by atoms with Gasteiger partial charge in [0.05, 0.1) is 34.2 Å². The van der Waals surface area contributed by atoms with Gasteiger partial charge in [0.1, 0.15) is 0 Å². The fourth-order valence-electron chi connectivity index (χ4n) is 6.33. The van der Waals surface area contributed by atoms with Gasteiger partial charge >= 0.3 is 0 Å². The average Bonchev–Trinajstić information content (AvgIpc) is 2.81. The first-order valence-corrected chi connectivity index (χ1v) is 8.59. The Labute approximate surface area is 138 Å². The lowest BCUT2D eigenvalue weighted by Crippen LogP contribution is -2.57. The second-order valence-corrected chi connectivity index (χ2v) is 7.71. The fourth-order valence-corrected chi connectivity index (χ4v) is 6.33.